The summed E-state index contributed by atoms with van der Waals surface area (Å²) in [4.78, 5) is 13.6. The van der Waals surface area contributed by atoms with Crippen molar-refractivity contribution < 1.29 is 22.4 Å². The molecular formula is C13H12F4INO. The zero-order valence-corrected chi connectivity index (χ0v) is 12.5. The Balaban J connectivity index is 2.05. The number of carbonyl (C=O) groups is 1. The van der Waals surface area contributed by atoms with Gasteiger partial charge >= 0.3 is 6.18 Å². The Hall–Kier alpha value is -0.860. The first kappa shape index (κ1) is 15.5. The third-order valence-electron chi connectivity index (χ3n) is 3.41. The minimum atomic E-state index is -4.20. The summed E-state index contributed by atoms with van der Waals surface area (Å²) >= 11 is 1.85. The van der Waals surface area contributed by atoms with E-state index >= 15 is 0 Å². The van der Waals surface area contributed by atoms with E-state index in [4.69, 9.17) is 0 Å². The summed E-state index contributed by atoms with van der Waals surface area (Å²) in [7, 11) is 0. The number of halogens is 5. The largest absolute Gasteiger partial charge is 0.391 e. The van der Waals surface area contributed by atoms with Gasteiger partial charge in [0.1, 0.15) is 5.82 Å². The topological polar surface area (TPSA) is 20.3 Å². The van der Waals surface area contributed by atoms with Gasteiger partial charge < -0.3 is 4.90 Å². The Morgan fingerprint density at radius 3 is 2.35 bits per heavy atom. The fourth-order valence-electron chi connectivity index (χ4n) is 2.24. The van der Waals surface area contributed by atoms with Crippen LogP contribution >= 0.6 is 22.6 Å². The minimum absolute atomic E-state index is 0.0764. The maximum atomic E-state index is 13.0. The van der Waals surface area contributed by atoms with Gasteiger partial charge in [0, 0.05) is 16.7 Å². The van der Waals surface area contributed by atoms with E-state index < -0.39 is 17.9 Å². The van der Waals surface area contributed by atoms with Crippen LogP contribution in [0.15, 0.2) is 18.2 Å². The Labute approximate surface area is 127 Å². The fourth-order valence-corrected chi connectivity index (χ4v) is 2.95. The number of rotatable bonds is 1. The predicted molar refractivity (Wildman–Crippen MR) is 73.8 cm³/mol. The highest BCUT2D eigenvalue weighted by molar-refractivity contribution is 14.1. The Kier molecular flexibility index (Phi) is 4.55. The molecule has 7 heteroatoms. The van der Waals surface area contributed by atoms with Gasteiger partial charge in [-0.2, -0.15) is 13.2 Å². The van der Waals surface area contributed by atoms with E-state index in [2.05, 4.69) is 0 Å². The van der Waals surface area contributed by atoms with Crippen molar-refractivity contribution in [3.63, 3.8) is 0 Å². The van der Waals surface area contributed by atoms with Crippen LogP contribution in [-0.4, -0.2) is 30.1 Å². The third-order valence-corrected chi connectivity index (χ3v) is 4.30. The summed E-state index contributed by atoms with van der Waals surface area (Å²) in [6, 6.07) is 3.78. The summed E-state index contributed by atoms with van der Waals surface area (Å²) in [6.45, 7) is 0.160. The van der Waals surface area contributed by atoms with Gasteiger partial charge in [-0.25, -0.2) is 4.39 Å². The van der Waals surface area contributed by atoms with Crippen LogP contribution in [0.1, 0.15) is 23.2 Å². The highest BCUT2D eigenvalue weighted by Gasteiger charge is 2.41. The van der Waals surface area contributed by atoms with Crippen LogP contribution in [0.4, 0.5) is 17.6 Å². The lowest BCUT2D eigenvalue weighted by molar-refractivity contribution is -0.183. The Morgan fingerprint density at radius 2 is 1.85 bits per heavy atom. The summed E-state index contributed by atoms with van der Waals surface area (Å²) in [6.07, 6.45) is -4.35. The Bertz CT molecular complexity index is 510. The SMILES string of the molecule is O=C(c1ccc(F)cc1I)N1CCC(C(F)(F)F)CC1. The first-order valence-electron chi connectivity index (χ1n) is 6.10. The summed E-state index contributed by atoms with van der Waals surface area (Å²) in [5, 5.41) is 0. The molecule has 1 heterocycles. The molecular weight excluding hydrogens is 389 g/mol. The van der Waals surface area contributed by atoms with Crippen LogP contribution in [-0.2, 0) is 0 Å². The number of benzene rings is 1. The summed E-state index contributed by atoms with van der Waals surface area (Å²) in [5.74, 6) is -2.12. The van der Waals surface area contributed by atoms with Gasteiger partial charge in [0.05, 0.1) is 11.5 Å². The van der Waals surface area contributed by atoms with Gasteiger partial charge in [-0.1, -0.05) is 0 Å². The molecule has 0 radical (unpaired) electrons. The first-order valence-corrected chi connectivity index (χ1v) is 7.18. The van der Waals surface area contributed by atoms with Crippen molar-refractivity contribution in [3.05, 3.63) is 33.1 Å². The highest BCUT2D eigenvalue weighted by Crippen LogP contribution is 2.34. The van der Waals surface area contributed by atoms with E-state index in [1.807, 2.05) is 22.6 Å². The maximum absolute atomic E-state index is 13.0. The van der Waals surface area contributed by atoms with Crippen LogP contribution in [0, 0.1) is 15.3 Å². The Morgan fingerprint density at radius 1 is 1.25 bits per heavy atom. The molecule has 110 valence electrons. The summed E-state index contributed by atoms with van der Waals surface area (Å²) < 4.78 is 51.1. The van der Waals surface area contributed by atoms with Crippen molar-refractivity contribution in [2.24, 2.45) is 5.92 Å². The third kappa shape index (κ3) is 3.42. The molecule has 0 N–H and O–H groups in total. The predicted octanol–water partition coefficient (Wildman–Crippen LogP) is 3.84. The molecule has 1 aliphatic heterocycles. The molecule has 1 aromatic carbocycles. The van der Waals surface area contributed by atoms with Crippen LogP contribution in [0.5, 0.6) is 0 Å². The maximum Gasteiger partial charge on any atom is 0.391 e. The molecule has 0 aliphatic carbocycles. The van der Waals surface area contributed by atoms with Crippen LogP contribution in [0.25, 0.3) is 0 Å². The number of carbonyl (C=O) groups excluding carboxylic acids is 1. The van der Waals surface area contributed by atoms with E-state index in [0.29, 0.717) is 9.13 Å². The van der Waals surface area contributed by atoms with Crippen molar-refractivity contribution in [3.8, 4) is 0 Å². The lowest BCUT2D eigenvalue weighted by atomic mass is 9.96. The average molecular weight is 401 g/mol. The number of hydrogen-bond donors (Lipinski definition) is 0. The lowest BCUT2D eigenvalue weighted by Gasteiger charge is -2.33. The zero-order chi connectivity index (χ0) is 14.9. The zero-order valence-electron chi connectivity index (χ0n) is 10.4. The van der Waals surface area contributed by atoms with E-state index in [9.17, 15) is 22.4 Å². The normalized spacial score (nSPS) is 17.4. The molecule has 0 bridgehead atoms. The molecule has 1 fully saturated rings. The van der Waals surface area contributed by atoms with E-state index in [-0.39, 0.29) is 31.8 Å². The van der Waals surface area contributed by atoms with Crippen molar-refractivity contribution in [2.75, 3.05) is 13.1 Å². The lowest BCUT2D eigenvalue weighted by Crippen LogP contribution is -2.42. The number of alkyl halides is 3. The van der Waals surface area contributed by atoms with Crippen LogP contribution in [0.2, 0.25) is 0 Å². The number of piperidine rings is 1. The molecule has 1 aliphatic rings. The molecule has 0 aromatic heterocycles. The van der Waals surface area contributed by atoms with Crippen molar-refractivity contribution in [1.82, 2.24) is 4.90 Å². The number of nitrogens with zero attached hydrogens (tertiary/aromatic N) is 1. The van der Waals surface area contributed by atoms with Gasteiger partial charge in [-0.05, 0) is 53.6 Å². The molecule has 2 rings (SSSR count). The van der Waals surface area contributed by atoms with Gasteiger partial charge in [0.25, 0.3) is 5.91 Å². The molecule has 0 spiro atoms. The van der Waals surface area contributed by atoms with Crippen molar-refractivity contribution in [2.45, 2.75) is 19.0 Å². The highest BCUT2D eigenvalue weighted by atomic mass is 127. The molecule has 0 saturated carbocycles. The van der Waals surface area contributed by atoms with Gasteiger partial charge in [-0.15, -0.1) is 0 Å². The minimum Gasteiger partial charge on any atom is -0.339 e. The smallest absolute Gasteiger partial charge is 0.339 e. The van der Waals surface area contributed by atoms with E-state index in [1.54, 1.807) is 0 Å². The monoisotopic (exact) mass is 401 g/mol. The second-order valence-corrected chi connectivity index (χ2v) is 5.89. The van der Waals surface area contributed by atoms with Gasteiger partial charge in [0.2, 0.25) is 0 Å². The molecule has 1 aromatic rings. The van der Waals surface area contributed by atoms with Crippen molar-refractivity contribution >= 4 is 28.5 Å². The number of likely N-dealkylation sites (tertiary alicyclic amines) is 1. The van der Waals surface area contributed by atoms with Gasteiger partial charge in [0.15, 0.2) is 0 Å². The molecule has 1 amide bonds. The second-order valence-electron chi connectivity index (χ2n) is 4.73. The second kappa shape index (κ2) is 5.87. The molecule has 20 heavy (non-hydrogen) atoms. The summed E-state index contributed by atoms with van der Waals surface area (Å²) in [5.41, 5.74) is 0.331. The average Bonchev–Trinajstić information content (AvgIpc) is 2.37. The standard InChI is InChI=1S/C13H12F4INO/c14-9-1-2-10(11(18)7-9)12(20)19-5-3-8(4-6-19)13(15,16)17/h1-2,7-8H,3-6H2. The fraction of sp³-hybridized carbons (Fsp3) is 0.462. The van der Waals surface area contributed by atoms with Crippen molar-refractivity contribution in [1.29, 1.82) is 0 Å². The molecule has 0 unspecified atom stereocenters. The number of amides is 1. The number of hydrogen-bond acceptors (Lipinski definition) is 1. The van der Waals surface area contributed by atoms with Crippen LogP contribution < -0.4 is 0 Å². The first-order chi connectivity index (χ1) is 9.29. The van der Waals surface area contributed by atoms with Crippen LogP contribution in [0.3, 0.4) is 0 Å². The molecule has 1 saturated heterocycles. The quantitative estimate of drug-likeness (QED) is 0.518. The van der Waals surface area contributed by atoms with E-state index in [1.165, 1.54) is 23.1 Å². The molecule has 2 nitrogen and oxygen atoms in total. The molecule has 0 atom stereocenters. The van der Waals surface area contributed by atoms with Gasteiger partial charge in [-0.3, -0.25) is 4.79 Å². The van der Waals surface area contributed by atoms with E-state index in [0.717, 1.165) is 0 Å².